The lowest BCUT2D eigenvalue weighted by atomic mass is 10.1. The van der Waals surface area contributed by atoms with Crippen LogP contribution in [0.25, 0.3) is 10.9 Å². The number of hydrogen-bond acceptors (Lipinski definition) is 6. The standard InChI is InChI=1S/C19H22N2O5/c1-12-16(8-13-5-6-14(24-2)9-17(13)21-12)19(23)26-11-18(22)20-10-15-4-3-7-25-15/h5-6,8-9,15H,3-4,7,10-11H2,1-2H3,(H,20,22). The second kappa shape index (κ2) is 8.14. The molecule has 1 aliphatic rings. The molecule has 1 atom stereocenters. The second-order valence-electron chi connectivity index (χ2n) is 6.20. The van der Waals surface area contributed by atoms with Gasteiger partial charge in [-0.25, -0.2) is 4.79 Å². The average molecular weight is 358 g/mol. The number of benzene rings is 1. The van der Waals surface area contributed by atoms with E-state index in [-0.39, 0.29) is 18.6 Å². The summed E-state index contributed by atoms with van der Waals surface area (Å²) in [5.41, 5.74) is 1.61. The number of aromatic nitrogens is 1. The summed E-state index contributed by atoms with van der Waals surface area (Å²) in [7, 11) is 1.59. The Bertz CT molecular complexity index is 815. The molecule has 2 aromatic rings. The van der Waals surface area contributed by atoms with Gasteiger partial charge in [0, 0.05) is 24.6 Å². The zero-order valence-electron chi connectivity index (χ0n) is 14.9. The number of nitrogens with one attached hydrogen (secondary N) is 1. The molecule has 138 valence electrons. The van der Waals surface area contributed by atoms with Crippen molar-refractivity contribution in [2.45, 2.75) is 25.9 Å². The molecule has 1 aromatic heterocycles. The minimum absolute atomic E-state index is 0.0542. The van der Waals surface area contributed by atoms with Crippen LogP contribution in [0.2, 0.25) is 0 Å². The minimum Gasteiger partial charge on any atom is -0.497 e. The third kappa shape index (κ3) is 4.29. The fourth-order valence-electron chi connectivity index (χ4n) is 2.87. The largest absolute Gasteiger partial charge is 0.497 e. The van der Waals surface area contributed by atoms with Gasteiger partial charge in [0.1, 0.15) is 5.75 Å². The SMILES string of the molecule is COc1ccc2cc(C(=O)OCC(=O)NCC3CCCO3)c(C)nc2c1. The number of amides is 1. The third-order valence-corrected chi connectivity index (χ3v) is 4.32. The molecule has 1 aliphatic heterocycles. The van der Waals surface area contributed by atoms with Crippen LogP contribution in [0.5, 0.6) is 5.75 Å². The van der Waals surface area contributed by atoms with Crippen LogP contribution < -0.4 is 10.1 Å². The first-order valence-corrected chi connectivity index (χ1v) is 8.57. The Morgan fingerprint density at radius 1 is 1.35 bits per heavy atom. The van der Waals surface area contributed by atoms with E-state index < -0.39 is 5.97 Å². The van der Waals surface area contributed by atoms with Crippen LogP contribution in [-0.4, -0.2) is 49.8 Å². The van der Waals surface area contributed by atoms with Crippen molar-refractivity contribution in [2.24, 2.45) is 0 Å². The van der Waals surface area contributed by atoms with Gasteiger partial charge in [-0.2, -0.15) is 0 Å². The van der Waals surface area contributed by atoms with Gasteiger partial charge in [0.15, 0.2) is 6.61 Å². The summed E-state index contributed by atoms with van der Waals surface area (Å²) in [6.45, 7) is 2.57. The molecular weight excluding hydrogens is 336 g/mol. The molecule has 0 bridgehead atoms. The Labute approximate surface area is 151 Å². The maximum atomic E-state index is 12.3. The monoisotopic (exact) mass is 358 g/mol. The lowest BCUT2D eigenvalue weighted by molar-refractivity contribution is -0.124. The van der Waals surface area contributed by atoms with E-state index in [1.165, 1.54) is 0 Å². The van der Waals surface area contributed by atoms with Crippen molar-refractivity contribution in [2.75, 3.05) is 26.9 Å². The van der Waals surface area contributed by atoms with E-state index in [2.05, 4.69) is 10.3 Å². The van der Waals surface area contributed by atoms with Gasteiger partial charge in [-0.15, -0.1) is 0 Å². The van der Waals surface area contributed by atoms with Gasteiger partial charge in [-0.05, 0) is 38.0 Å². The molecule has 1 saturated heterocycles. The quantitative estimate of drug-likeness (QED) is 0.795. The third-order valence-electron chi connectivity index (χ3n) is 4.32. The summed E-state index contributed by atoms with van der Waals surface area (Å²) in [6, 6.07) is 7.14. The van der Waals surface area contributed by atoms with E-state index >= 15 is 0 Å². The number of methoxy groups -OCH3 is 1. The number of carbonyl (C=O) groups excluding carboxylic acids is 2. The van der Waals surface area contributed by atoms with Crippen molar-refractivity contribution in [3.8, 4) is 5.75 Å². The highest BCUT2D eigenvalue weighted by molar-refractivity contribution is 5.96. The number of esters is 1. The minimum atomic E-state index is -0.569. The lowest BCUT2D eigenvalue weighted by Gasteiger charge is -2.11. The van der Waals surface area contributed by atoms with E-state index in [1.807, 2.05) is 6.07 Å². The van der Waals surface area contributed by atoms with E-state index in [0.717, 1.165) is 30.4 Å². The zero-order valence-corrected chi connectivity index (χ0v) is 14.9. The zero-order chi connectivity index (χ0) is 18.5. The van der Waals surface area contributed by atoms with Gasteiger partial charge < -0.3 is 19.5 Å². The van der Waals surface area contributed by atoms with Crippen LogP contribution in [0.15, 0.2) is 24.3 Å². The highest BCUT2D eigenvalue weighted by Crippen LogP contribution is 2.22. The van der Waals surface area contributed by atoms with Gasteiger partial charge in [-0.1, -0.05) is 0 Å². The normalized spacial score (nSPS) is 16.5. The molecule has 1 fully saturated rings. The lowest BCUT2D eigenvalue weighted by Crippen LogP contribution is -2.34. The van der Waals surface area contributed by atoms with E-state index in [0.29, 0.717) is 23.6 Å². The molecule has 0 saturated carbocycles. The Morgan fingerprint density at radius 3 is 2.92 bits per heavy atom. The fraction of sp³-hybridized carbons (Fsp3) is 0.421. The van der Waals surface area contributed by atoms with Gasteiger partial charge >= 0.3 is 5.97 Å². The molecule has 3 rings (SSSR count). The molecule has 1 N–H and O–H groups in total. The maximum Gasteiger partial charge on any atom is 0.340 e. The molecule has 7 nitrogen and oxygen atoms in total. The maximum absolute atomic E-state index is 12.3. The smallest absolute Gasteiger partial charge is 0.340 e. The van der Waals surface area contributed by atoms with Crippen molar-refractivity contribution in [1.29, 1.82) is 0 Å². The van der Waals surface area contributed by atoms with Crippen molar-refractivity contribution in [3.05, 3.63) is 35.5 Å². The molecule has 26 heavy (non-hydrogen) atoms. The molecule has 1 aromatic carbocycles. The van der Waals surface area contributed by atoms with E-state index in [4.69, 9.17) is 14.2 Å². The first kappa shape index (κ1) is 18.1. The van der Waals surface area contributed by atoms with Crippen LogP contribution in [0.4, 0.5) is 0 Å². The molecule has 2 heterocycles. The summed E-state index contributed by atoms with van der Waals surface area (Å²) in [4.78, 5) is 28.6. The molecule has 7 heteroatoms. The second-order valence-corrected chi connectivity index (χ2v) is 6.20. The van der Waals surface area contributed by atoms with Crippen LogP contribution >= 0.6 is 0 Å². The van der Waals surface area contributed by atoms with E-state index in [9.17, 15) is 9.59 Å². The first-order chi connectivity index (χ1) is 12.6. The summed E-state index contributed by atoms with van der Waals surface area (Å²) < 4.78 is 15.7. The van der Waals surface area contributed by atoms with Crippen LogP contribution in [0.3, 0.4) is 0 Å². The summed E-state index contributed by atoms with van der Waals surface area (Å²) in [5.74, 6) is -0.215. The summed E-state index contributed by atoms with van der Waals surface area (Å²) in [6.07, 6.45) is 2.00. The number of aryl methyl sites for hydroxylation is 1. The van der Waals surface area contributed by atoms with Crippen molar-refractivity contribution >= 4 is 22.8 Å². The van der Waals surface area contributed by atoms with Crippen LogP contribution in [0, 0.1) is 6.92 Å². The van der Waals surface area contributed by atoms with E-state index in [1.54, 1.807) is 32.2 Å². The van der Waals surface area contributed by atoms with Crippen molar-refractivity contribution in [1.82, 2.24) is 10.3 Å². The molecule has 0 spiro atoms. The molecular formula is C19H22N2O5. The molecule has 0 radical (unpaired) electrons. The Balaban J connectivity index is 1.60. The predicted molar refractivity (Wildman–Crippen MR) is 95.3 cm³/mol. The van der Waals surface area contributed by atoms with Crippen molar-refractivity contribution < 1.29 is 23.8 Å². The van der Waals surface area contributed by atoms with Crippen LogP contribution in [-0.2, 0) is 14.3 Å². The Hall–Kier alpha value is -2.67. The molecule has 0 aliphatic carbocycles. The highest BCUT2D eigenvalue weighted by atomic mass is 16.5. The average Bonchev–Trinajstić information content (AvgIpc) is 3.17. The first-order valence-electron chi connectivity index (χ1n) is 8.57. The topological polar surface area (TPSA) is 86.8 Å². The number of carbonyl (C=O) groups is 2. The number of fused-ring (bicyclic) bond motifs is 1. The van der Waals surface area contributed by atoms with Gasteiger partial charge in [0.05, 0.1) is 30.0 Å². The summed E-state index contributed by atoms with van der Waals surface area (Å²) >= 11 is 0. The van der Waals surface area contributed by atoms with Crippen molar-refractivity contribution in [3.63, 3.8) is 0 Å². The number of pyridine rings is 1. The predicted octanol–water partition coefficient (Wildman–Crippen LogP) is 2.00. The van der Waals surface area contributed by atoms with Gasteiger partial charge in [-0.3, -0.25) is 9.78 Å². The number of hydrogen-bond donors (Lipinski definition) is 1. The number of ether oxygens (including phenoxy) is 3. The highest BCUT2D eigenvalue weighted by Gasteiger charge is 2.18. The summed E-state index contributed by atoms with van der Waals surface area (Å²) in [5, 5.41) is 3.52. The molecule has 1 unspecified atom stereocenters. The fourth-order valence-corrected chi connectivity index (χ4v) is 2.87. The molecule has 1 amide bonds. The van der Waals surface area contributed by atoms with Gasteiger partial charge in [0.25, 0.3) is 5.91 Å². The Morgan fingerprint density at radius 2 is 2.19 bits per heavy atom. The number of rotatable bonds is 6. The van der Waals surface area contributed by atoms with Gasteiger partial charge in [0.2, 0.25) is 0 Å². The van der Waals surface area contributed by atoms with Crippen LogP contribution in [0.1, 0.15) is 28.9 Å². The number of nitrogens with zero attached hydrogens (tertiary/aromatic N) is 1. The Kier molecular flexibility index (Phi) is 5.68.